The van der Waals surface area contributed by atoms with Gasteiger partial charge in [-0.2, -0.15) is 5.10 Å². The fourth-order valence-electron chi connectivity index (χ4n) is 3.30. The van der Waals surface area contributed by atoms with Gasteiger partial charge < -0.3 is 9.80 Å². The highest BCUT2D eigenvalue weighted by atomic mass is 16.2. The van der Waals surface area contributed by atoms with Gasteiger partial charge in [0.25, 0.3) is 0 Å². The number of nitrogens with zero attached hydrogens (tertiary/aromatic N) is 5. The zero-order chi connectivity index (χ0) is 18.7. The Morgan fingerprint density at radius 3 is 2.85 bits per heavy atom. The van der Waals surface area contributed by atoms with E-state index in [4.69, 9.17) is 0 Å². The van der Waals surface area contributed by atoms with Crippen LogP contribution in [0, 0.1) is 12.8 Å². The number of likely N-dealkylation sites (tertiary alicyclic amines) is 1. The molecule has 0 bridgehead atoms. The predicted octanol–water partition coefficient (Wildman–Crippen LogP) is 1.61. The maximum Gasteiger partial charge on any atom is 0.228 e. The summed E-state index contributed by atoms with van der Waals surface area (Å²) >= 11 is 0. The summed E-state index contributed by atoms with van der Waals surface area (Å²) in [7, 11) is 1.79. The van der Waals surface area contributed by atoms with Gasteiger partial charge in [-0.1, -0.05) is 6.07 Å². The molecule has 7 heteroatoms. The Bertz CT molecular complexity index is 786. The van der Waals surface area contributed by atoms with E-state index in [9.17, 15) is 9.59 Å². The minimum absolute atomic E-state index is 0.00511. The third-order valence-corrected chi connectivity index (χ3v) is 4.80. The lowest BCUT2D eigenvalue weighted by Gasteiger charge is -2.21. The van der Waals surface area contributed by atoms with Crippen molar-refractivity contribution in [1.29, 1.82) is 0 Å². The molecular formula is C19H25N5O2. The van der Waals surface area contributed by atoms with Crippen LogP contribution in [-0.2, 0) is 29.2 Å². The van der Waals surface area contributed by atoms with Gasteiger partial charge in [0.1, 0.15) is 0 Å². The standard InChI is InChI=1S/C19H25N5O2/c1-4-24-12-16(14(2)21-24)10-22(3)19(26)15-9-18(25)23(11-15)13-17-7-5-6-8-20-17/h5-8,12,15H,4,9-11,13H2,1-3H3/t15-/m1/s1. The SMILES string of the molecule is CCn1cc(CN(C)C(=O)[C@@H]2CC(=O)N(Cc3ccccn3)C2)c(C)n1. The van der Waals surface area contributed by atoms with Crippen molar-refractivity contribution in [2.75, 3.05) is 13.6 Å². The molecule has 3 rings (SSSR count). The Hall–Kier alpha value is -2.70. The predicted molar refractivity (Wildman–Crippen MR) is 96.9 cm³/mol. The average Bonchev–Trinajstić information content (AvgIpc) is 3.18. The minimum atomic E-state index is -0.294. The summed E-state index contributed by atoms with van der Waals surface area (Å²) in [5, 5.41) is 4.42. The molecule has 138 valence electrons. The summed E-state index contributed by atoms with van der Waals surface area (Å²) in [5.41, 5.74) is 2.81. The van der Waals surface area contributed by atoms with Crippen LogP contribution in [0.25, 0.3) is 0 Å². The van der Waals surface area contributed by atoms with E-state index in [0.29, 0.717) is 19.6 Å². The highest BCUT2D eigenvalue weighted by Gasteiger charge is 2.35. The third-order valence-electron chi connectivity index (χ3n) is 4.80. The summed E-state index contributed by atoms with van der Waals surface area (Å²) in [5.74, 6) is -0.277. The first-order chi connectivity index (χ1) is 12.5. The molecule has 26 heavy (non-hydrogen) atoms. The van der Waals surface area contributed by atoms with Crippen molar-refractivity contribution in [3.05, 3.63) is 47.5 Å². The molecule has 0 radical (unpaired) electrons. The van der Waals surface area contributed by atoms with Crippen LogP contribution in [0.2, 0.25) is 0 Å². The topological polar surface area (TPSA) is 71.3 Å². The highest BCUT2D eigenvalue weighted by Crippen LogP contribution is 2.22. The average molecular weight is 355 g/mol. The van der Waals surface area contributed by atoms with Crippen LogP contribution < -0.4 is 0 Å². The lowest BCUT2D eigenvalue weighted by molar-refractivity contribution is -0.135. The van der Waals surface area contributed by atoms with Crippen molar-refractivity contribution < 1.29 is 9.59 Å². The van der Waals surface area contributed by atoms with E-state index in [1.807, 2.05) is 42.9 Å². The molecule has 0 saturated carbocycles. The van der Waals surface area contributed by atoms with Crippen molar-refractivity contribution >= 4 is 11.8 Å². The molecule has 0 aromatic carbocycles. The second kappa shape index (κ2) is 7.68. The number of rotatable bonds is 6. The molecule has 3 heterocycles. The molecule has 7 nitrogen and oxygen atoms in total. The number of hydrogen-bond donors (Lipinski definition) is 0. The molecule has 0 unspecified atom stereocenters. The highest BCUT2D eigenvalue weighted by molar-refractivity contribution is 5.89. The van der Waals surface area contributed by atoms with Gasteiger partial charge in [0, 0.05) is 51.1 Å². The van der Waals surface area contributed by atoms with Gasteiger partial charge in [-0.05, 0) is 26.0 Å². The lowest BCUT2D eigenvalue weighted by atomic mass is 10.1. The lowest BCUT2D eigenvalue weighted by Crippen LogP contribution is -2.34. The number of aryl methyl sites for hydroxylation is 2. The van der Waals surface area contributed by atoms with Crippen LogP contribution in [0.5, 0.6) is 0 Å². The number of hydrogen-bond acceptors (Lipinski definition) is 4. The van der Waals surface area contributed by atoms with Crippen molar-refractivity contribution in [2.45, 2.75) is 39.9 Å². The largest absolute Gasteiger partial charge is 0.341 e. The Labute approximate surface area is 153 Å². The van der Waals surface area contributed by atoms with E-state index in [2.05, 4.69) is 10.1 Å². The van der Waals surface area contributed by atoms with Crippen LogP contribution in [0.4, 0.5) is 0 Å². The number of carbonyl (C=O) groups excluding carboxylic acids is 2. The first kappa shape index (κ1) is 18.1. The molecule has 1 saturated heterocycles. The normalized spacial score (nSPS) is 17.0. The molecule has 2 aromatic heterocycles. The van der Waals surface area contributed by atoms with Crippen molar-refractivity contribution in [3.8, 4) is 0 Å². The van der Waals surface area contributed by atoms with Crippen LogP contribution in [0.1, 0.15) is 30.3 Å². The maximum atomic E-state index is 12.8. The number of carbonyl (C=O) groups is 2. The van der Waals surface area contributed by atoms with E-state index in [-0.39, 0.29) is 24.2 Å². The molecule has 1 fully saturated rings. The molecule has 1 aliphatic rings. The number of amides is 2. The van der Waals surface area contributed by atoms with Gasteiger partial charge >= 0.3 is 0 Å². The molecule has 2 amide bonds. The fraction of sp³-hybridized carbons (Fsp3) is 0.474. The van der Waals surface area contributed by atoms with Crippen LogP contribution >= 0.6 is 0 Å². The molecule has 0 spiro atoms. The maximum absolute atomic E-state index is 12.8. The second-order valence-corrected chi connectivity index (χ2v) is 6.79. The zero-order valence-electron chi connectivity index (χ0n) is 15.6. The summed E-state index contributed by atoms with van der Waals surface area (Å²) < 4.78 is 1.87. The first-order valence-corrected chi connectivity index (χ1v) is 8.93. The van der Waals surface area contributed by atoms with Gasteiger partial charge in [-0.3, -0.25) is 19.3 Å². The molecule has 1 atom stereocenters. The quantitative estimate of drug-likeness (QED) is 0.789. The Kier molecular flexibility index (Phi) is 5.35. The summed E-state index contributed by atoms with van der Waals surface area (Å²) in [6.07, 6.45) is 3.96. The number of aromatic nitrogens is 3. The fourth-order valence-corrected chi connectivity index (χ4v) is 3.30. The van der Waals surface area contributed by atoms with E-state index in [1.165, 1.54) is 0 Å². The van der Waals surface area contributed by atoms with E-state index < -0.39 is 0 Å². The first-order valence-electron chi connectivity index (χ1n) is 8.93. The molecule has 1 aliphatic heterocycles. The Morgan fingerprint density at radius 2 is 2.19 bits per heavy atom. The summed E-state index contributed by atoms with van der Waals surface area (Å²) in [6.45, 7) is 6.20. The van der Waals surface area contributed by atoms with Crippen molar-refractivity contribution in [2.24, 2.45) is 5.92 Å². The van der Waals surface area contributed by atoms with Gasteiger partial charge in [-0.25, -0.2) is 0 Å². The monoisotopic (exact) mass is 355 g/mol. The third kappa shape index (κ3) is 3.92. The molecule has 2 aromatic rings. The van der Waals surface area contributed by atoms with Crippen molar-refractivity contribution in [3.63, 3.8) is 0 Å². The van der Waals surface area contributed by atoms with Crippen LogP contribution in [0.3, 0.4) is 0 Å². The summed E-state index contributed by atoms with van der Waals surface area (Å²) in [6, 6.07) is 5.64. The van der Waals surface area contributed by atoms with E-state index in [1.54, 1.807) is 23.0 Å². The zero-order valence-corrected chi connectivity index (χ0v) is 15.6. The van der Waals surface area contributed by atoms with Crippen LogP contribution in [0.15, 0.2) is 30.6 Å². The van der Waals surface area contributed by atoms with E-state index >= 15 is 0 Å². The van der Waals surface area contributed by atoms with Gasteiger partial charge in [0.05, 0.1) is 23.9 Å². The van der Waals surface area contributed by atoms with Gasteiger partial charge in [-0.15, -0.1) is 0 Å². The van der Waals surface area contributed by atoms with Crippen LogP contribution in [-0.4, -0.2) is 50.0 Å². The number of pyridine rings is 1. The summed E-state index contributed by atoms with van der Waals surface area (Å²) in [4.78, 5) is 32.8. The second-order valence-electron chi connectivity index (χ2n) is 6.79. The Balaban J connectivity index is 1.60. The molecule has 0 aliphatic carbocycles. The minimum Gasteiger partial charge on any atom is -0.341 e. The van der Waals surface area contributed by atoms with Crippen molar-refractivity contribution in [1.82, 2.24) is 24.6 Å². The van der Waals surface area contributed by atoms with E-state index in [0.717, 1.165) is 23.5 Å². The molecule has 0 N–H and O–H groups in total. The molecular weight excluding hydrogens is 330 g/mol. The Morgan fingerprint density at radius 1 is 1.38 bits per heavy atom. The smallest absolute Gasteiger partial charge is 0.228 e. The van der Waals surface area contributed by atoms with Gasteiger partial charge in [0.15, 0.2) is 0 Å². The van der Waals surface area contributed by atoms with Gasteiger partial charge in [0.2, 0.25) is 11.8 Å².